The minimum Gasteiger partial charge on any atom is -0.461 e. The van der Waals surface area contributed by atoms with Gasteiger partial charge < -0.3 is 29.7 Å². The number of imidazole rings is 1. The second-order valence-electron chi connectivity index (χ2n) is 8.81. The summed E-state index contributed by atoms with van der Waals surface area (Å²) >= 11 is 1.40. The number of carbonyl (C=O) groups excluding carboxylic acids is 1. The number of aliphatic hydroxyl groups is 1. The molecule has 0 spiro atoms. The van der Waals surface area contributed by atoms with Crippen molar-refractivity contribution in [3.63, 3.8) is 0 Å². The minimum atomic E-state index is -4.01. The van der Waals surface area contributed by atoms with Gasteiger partial charge in [0.1, 0.15) is 23.7 Å². The van der Waals surface area contributed by atoms with E-state index in [4.69, 9.17) is 24.3 Å². The van der Waals surface area contributed by atoms with E-state index in [1.807, 2.05) is 6.26 Å². The highest BCUT2D eigenvalue weighted by Crippen LogP contribution is 2.50. The molecule has 1 aliphatic heterocycles. The third-order valence-electron chi connectivity index (χ3n) is 5.63. The lowest BCUT2D eigenvalue weighted by Gasteiger charge is -2.23. The average molecular weight is 567 g/mol. The summed E-state index contributed by atoms with van der Waals surface area (Å²) in [5, 5.41) is 10.6. The largest absolute Gasteiger partial charge is 0.461 e. The van der Waals surface area contributed by atoms with Crippen molar-refractivity contribution < 1.29 is 33.3 Å². The molecule has 1 aromatic carbocycles. The van der Waals surface area contributed by atoms with Gasteiger partial charge in [-0.05, 0) is 39.2 Å². The van der Waals surface area contributed by atoms with Gasteiger partial charge in [0, 0.05) is 0 Å². The maximum absolute atomic E-state index is 12.4. The SMILES string of the molecule is CSC1[C@@H](O)[C@@H](COP(O)(=N[C@@H](C)C(=O)OC(C)C)Oc2ccccc2)O[C@H]1n1cnc2c(N)ncnc21. The average Bonchev–Trinajstić information content (AvgIpc) is 3.44. The fourth-order valence-electron chi connectivity index (χ4n) is 3.86. The molecule has 2 aromatic heterocycles. The topological polar surface area (TPSA) is 176 Å². The number of rotatable bonds is 10. The molecule has 13 nitrogen and oxygen atoms in total. The summed E-state index contributed by atoms with van der Waals surface area (Å²) in [7, 11) is -4.01. The Morgan fingerprint density at radius 1 is 1.26 bits per heavy atom. The molecule has 1 fully saturated rings. The van der Waals surface area contributed by atoms with Crippen molar-refractivity contribution in [3.05, 3.63) is 43.0 Å². The van der Waals surface area contributed by atoms with E-state index in [0.717, 1.165) is 0 Å². The summed E-state index contributed by atoms with van der Waals surface area (Å²) in [4.78, 5) is 36.2. The maximum Gasteiger partial charge on any atom is 0.408 e. The Hall–Kier alpha value is -2.74. The highest BCUT2D eigenvalue weighted by atomic mass is 32.2. The standard InChI is InChI=1S/C23H31N6O7PS/c1-13(2)34-23(31)14(3)28-37(32,36-15-8-6-5-7-9-15)33-10-16-18(30)19(38-4)22(35-16)29-12-27-17-20(24)25-11-26-21(17)29/h5-9,11-14,16,18-19,22,30,32H,10H2,1-4H3,(H2,24,25,26)/t14-,16+,18-,19?,22+,37?/m0/s1. The van der Waals surface area contributed by atoms with Gasteiger partial charge in [-0.3, -0.25) is 9.09 Å². The Kier molecular flexibility index (Phi) is 8.91. The normalized spacial score (nSPS) is 23.8. The molecule has 38 heavy (non-hydrogen) atoms. The number of nitrogen functional groups attached to an aromatic ring is 1. The lowest BCUT2D eigenvalue weighted by molar-refractivity contribution is -0.148. The zero-order valence-corrected chi connectivity index (χ0v) is 23.0. The second-order valence-corrected chi connectivity index (χ2v) is 11.5. The van der Waals surface area contributed by atoms with Crippen molar-refractivity contribution in [3.8, 4) is 5.75 Å². The number of hydrogen-bond acceptors (Lipinski definition) is 12. The third kappa shape index (κ3) is 6.28. The molecule has 3 heterocycles. The summed E-state index contributed by atoms with van der Waals surface area (Å²) < 4.78 is 28.7. The number of nitrogens with two attached hydrogens (primary N) is 1. The fraction of sp³-hybridized carbons (Fsp3) is 0.478. The molecule has 0 bridgehead atoms. The predicted octanol–water partition coefficient (Wildman–Crippen LogP) is 2.77. The number of thioether (sulfide) groups is 1. The zero-order valence-electron chi connectivity index (χ0n) is 21.3. The van der Waals surface area contributed by atoms with Gasteiger partial charge in [-0.25, -0.2) is 24.5 Å². The van der Waals surface area contributed by atoms with Crippen LogP contribution in [0.3, 0.4) is 0 Å². The number of ether oxygens (including phenoxy) is 2. The second kappa shape index (κ2) is 12.0. The first-order valence-corrected chi connectivity index (χ1v) is 14.7. The molecule has 206 valence electrons. The number of para-hydroxylation sites is 1. The molecule has 1 saturated heterocycles. The van der Waals surface area contributed by atoms with Crippen LogP contribution in [0.5, 0.6) is 5.75 Å². The molecular formula is C23H31N6O7PS. The van der Waals surface area contributed by atoms with Gasteiger partial charge in [0.25, 0.3) is 0 Å². The highest BCUT2D eigenvalue weighted by Gasteiger charge is 2.46. The van der Waals surface area contributed by atoms with Crippen molar-refractivity contribution >= 4 is 42.4 Å². The molecule has 1 aliphatic rings. The van der Waals surface area contributed by atoms with Crippen molar-refractivity contribution in [1.82, 2.24) is 19.5 Å². The summed E-state index contributed by atoms with van der Waals surface area (Å²) in [5.74, 6) is -0.106. The van der Waals surface area contributed by atoms with E-state index >= 15 is 0 Å². The van der Waals surface area contributed by atoms with Crippen LogP contribution < -0.4 is 10.3 Å². The number of esters is 1. The van der Waals surface area contributed by atoms with Gasteiger partial charge in [0.15, 0.2) is 23.7 Å². The number of anilines is 1. The lowest BCUT2D eigenvalue weighted by Crippen LogP contribution is -2.32. The van der Waals surface area contributed by atoms with Gasteiger partial charge in [-0.1, -0.05) is 18.2 Å². The Bertz CT molecular complexity index is 1310. The predicted molar refractivity (Wildman–Crippen MR) is 142 cm³/mol. The number of fused-ring (bicyclic) bond motifs is 1. The van der Waals surface area contributed by atoms with Gasteiger partial charge in [-0.2, -0.15) is 11.8 Å². The highest BCUT2D eigenvalue weighted by molar-refractivity contribution is 7.99. The smallest absolute Gasteiger partial charge is 0.408 e. The molecule has 6 atom stereocenters. The van der Waals surface area contributed by atoms with E-state index in [9.17, 15) is 14.8 Å². The fourth-order valence-corrected chi connectivity index (χ4v) is 6.18. The van der Waals surface area contributed by atoms with Crippen LogP contribution in [0.25, 0.3) is 11.2 Å². The van der Waals surface area contributed by atoms with Crippen molar-refractivity contribution in [2.75, 3.05) is 18.6 Å². The van der Waals surface area contributed by atoms with Crippen molar-refractivity contribution in [1.29, 1.82) is 0 Å². The number of hydrogen-bond donors (Lipinski definition) is 3. The van der Waals surface area contributed by atoms with Crippen LogP contribution in [-0.2, 0) is 18.8 Å². The summed E-state index contributed by atoms with van der Waals surface area (Å²) in [6, 6.07) is 7.41. The number of nitrogens with zero attached hydrogens (tertiary/aromatic N) is 5. The van der Waals surface area contributed by atoms with Gasteiger partial charge >= 0.3 is 13.7 Å². The third-order valence-corrected chi connectivity index (χ3v) is 8.26. The van der Waals surface area contributed by atoms with E-state index in [-0.39, 0.29) is 18.5 Å². The maximum atomic E-state index is 12.4. The first kappa shape index (κ1) is 28.3. The summed E-state index contributed by atoms with van der Waals surface area (Å²) in [5.41, 5.74) is 6.79. The van der Waals surface area contributed by atoms with E-state index in [2.05, 4.69) is 19.7 Å². The van der Waals surface area contributed by atoms with Crippen LogP contribution in [0.15, 0.2) is 47.7 Å². The van der Waals surface area contributed by atoms with Crippen LogP contribution in [-0.4, -0.2) is 78.0 Å². The molecular weight excluding hydrogens is 535 g/mol. The number of aliphatic hydroxyl groups excluding tert-OH is 1. The van der Waals surface area contributed by atoms with E-state index in [0.29, 0.717) is 16.9 Å². The molecule has 4 N–H and O–H groups in total. The van der Waals surface area contributed by atoms with Crippen LogP contribution in [0.1, 0.15) is 27.0 Å². The van der Waals surface area contributed by atoms with Gasteiger partial charge in [0.05, 0.1) is 30.4 Å². The first-order valence-electron chi connectivity index (χ1n) is 11.8. The van der Waals surface area contributed by atoms with E-state index in [1.54, 1.807) is 48.7 Å². The quantitative estimate of drug-likeness (QED) is 0.242. The molecule has 0 amide bonds. The van der Waals surface area contributed by atoms with Crippen LogP contribution in [0.2, 0.25) is 0 Å². The number of aromatic nitrogens is 4. The van der Waals surface area contributed by atoms with Crippen LogP contribution >= 0.6 is 19.5 Å². The Labute approximate surface area is 224 Å². The van der Waals surface area contributed by atoms with E-state index in [1.165, 1.54) is 31.3 Å². The van der Waals surface area contributed by atoms with Gasteiger partial charge in [-0.15, -0.1) is 0 Å². The summed E-state index contributed by atoms with van der Waals surface area (Å²) in [6.45, 7) is 4.63. The molecule has 0 aliphatic carbocycles. The minimum absolute atomic E-state index is 0.229. The van der Waals surface area contributed by atoms with Crippen LogP contribution in [0, 0.1) is 0 Å². The Morgan fingerprint density at radius 2 is 2.00 bits per heavy atom. The molecule has 0 radical (unpaired) electrons. The molecule has 2 unspecified atom stereocenters. The lowest BCUT2D eigenvalue weighted by atomic mass is 10.2. The molecule has 3 aromatic rings. The summed E-state index contributed by atoms with van der Waals surface area (Å²) in [6.07, 6.45) is 1.83. The molecule has 4 rings (SSSR count). The van der Waals surface area contributed by atoms with Crippen LogP contribution in [0.4, 0.5) is 5.82 Å². The monoisotopic (exact) mass is 566 g/mol. The first-order chi connectivity index (χ1) is 18.1. The molecule has 0 saturated carbocycles. The number of carbonyl (C=O) groups is 1. The zero-order chi connectivity index (χ0) is 27.4. The van der Waals surface area contributed by atoms with Gasteiger partial charge in [0.2, 0.25) is 0 Å². The Balaban J connectivity index is 1.56. The molecule has 15 heteroatoms. The van der Waals surface area contributed by atoms with E-state index < -0.39 is 43.4 Å². The Morgan fingerprint density at radius 3 is 2.68 bits per heavy atom. The number of benzene rings is 1. The van der Waals surface area contributed by atoms with Crippen molar-refractivity contribution in [2.45, 2.75) is 56.6 Å². The van der Waals surface area contributed by atoms with Crippen molar-refractivity contribution in [2.24, 2.45) is 4.74 Å².